The first-order chi connectivity index (χ1) is 14.4. The maximum absolute atomic E-state index is 12.0. The van der Waals surface area contributed by atoms with E-state index < -0.39 is 0 Å². The molecule has 0 aliphatic carbocycles. The van der Waals surface area contributed by atoms with Crippen LogP contribution in [0.1, 0.15) is 79.8 Å². The summed E-state index contributed by atoms with van der Waals surface area (Å²) in [6.45, 7) is 15.8. The lowest BCUT2D eigenvalue weighted by Crippen LogP contribution is -2.38. The van der Waals surface area contributed by atoms with Gasteiger partial charge in [-0.3, -0.25) is 4.99 Å². The zero-order valence-corrected chi connectivity index (χ0v) is 20.1. The summed E-state index contributed by atoms with van der Waals surface area (Å²) in [5.41, 5.74) is 0.719. The quantitative estimate of drug-likeness (QED) is 0.251. The van der Waals surface area contributed by atoms with E-state index in [1.54, 1.807) is 0 Å². The Morgan fingerprint density at radius 3 is 2.73 bits per heavy atom. The highest BCUT2D eigenvalue weighted by Crippen LogP contribution is 2.24. The molecule has 1 unspecified atom stereocenters. The number of guanidine groups is 1. The predicted octanol–water partition coefficient (Wildman–Crippen LogP) is 3.76. The van der Waals surface area contributed by atoms with Gasteiger partial charge in [-0.15, -0.1) is 11.3 Å². The number of nitrogens with one attached hydrogen (secondary N) is 2. The second-order valence-corrected chi connectivity index (χ2v) is 9.08. The maximum atomic E-state index is 12.0. The number of ether oxygens (including phenoxy) is 1. The van der Waals surface area contributed by atoms with Gasteiger partial charge in [0.05, 0.1) is 18.3 Å². The zero-order chi connectivity index (χ0) is 21.9. The van der Waals surface area contributed by atoms with Crippen molar-refractivity contribution in [3.05, 3.63) is 15.6 Å². The molecule has 2 heterocycles. The van der Waals surface area contributed by atoms with Gasteiger partial charge in [-0.05, 0) is 78.9 Å². The molecule has 1 aliphatic heterocycles. The minimum absolute atomic E-state index is 0.0370. The molecule has 0 saturated carbocycles. The van der Waals surface area contributed by atoms with E-state index in [0.717, 1.165) is 42.1 Å². The van der Waals surface area contributed by atoms with Crippen molar-refractivity contribution in [2.45, 2.75) is 66.3 Å². The Morgan fingerprint density at radius 1 is 1.33 bits per heavy atom. The lowest BCUT2D eigenvalue weighted by molar-refractivity contribution is 0.0531. The Balaban J connectivity index is 1.82. The van der Waals surface area contributed by atoms with Gasteiger partial charge in [0.2, 0.25) is 0 Å². The number of likely N-dealkylation sites (tertiary alicyclic amines) is 1. The molecule has 0 radical (unpaired) electrons. The normalized spacial score (nSPS) is 17.0. The van der Waals surface area contributed by atoms with Crippen molar-refractivity contribution in [1.29, 1.82) is 0 Å². The van der Waals surface area contributed by atoms with Crippen molar-refractivity contribution in [3.8, 4) is 0 Å². The number of carbonyl (C=O) groups excluding carboxylic acids is 1. The van der Waals surface area contributed by atoms with E-state index in [-0.39, 0.29) is 12.0 Å². The topological polar surface area (TPSA) is 78.9 Å². The van der Waals surface area contributed by atoms with E-state index in [9.17, 15) is 4.79 Å². The molecular formula is C22H39N5O2S. The smallest absolute Gasteiger partial charge is 0.350 e. The fourth-order valence-electron chi connectivity index (χ4n) is 3.50. The molecule has 30 heavy (non-hydrogen) atoms. The summed E-state index contributed by atoms with van der Waals surface area (Å²) in [4.78, 5) is 24.5. The Bertz CT molecular complexity index is 683. The zero-order valence-electron chi connectivity index (χ0n) is 19.3. The molecule has 1 aromatic heterocycles. The largest absolute Gasteiger partial charge is 0.462 e. The number of nitrogens with zero attached hydrogens (tertiary/aromatic N) is 3. The molecule has 0 bridgehead atoms. The fraction of sp³-hybridized carbons (Fsp3) is 0.773. The monoisotopic (exact) mass is 437 g/mol. The average Bonchev–Trinajstić information content (AvgIpc) is 3.11. The molecular weight excluding hydrogens is 398 g/mol. The number of piperidine rings is 1. The van der Waals surface area contributed by atoms with Crippen LogP contribution in [0.2, 0.25) is 0 Å². The summed E-state index contributed by atoms with van der Waals surface area (Å²) in [6.07, 6.45) is 4.93. The third-order valence-corrected chi connectivity index (χ3v) is 6.69. The SMILES string of the molecule is CCNC(=NCCCCN1CCC(C)CC1)NC(C)c1nc(C)c(C(=O)OCC)s1. The highest BCUT2D eigenvalue weighted by Gasteiger charge is 2.20. The second-order valence-electron chi connectivity index (χ2n) is 8.05. The first-order valence-electron chi connectivity index (χ1n) is 11.4. The number of aliphatic imine (C=N–C) groups is 1. The molecule has 8 heteroatoms. The second kappa shape index (κ2) is 12.9. The summed E-state index contributed by atoms with van der Waals surface area (Å²) >= 11 is 1.39. The van der Waals surface area contributed by atoms with Gasteiger partial charge in [0.1, 0.15) is 9.88 Å². The molecule has 0 spiro atoms. The third kappa shape index (κ3) is 7.87. The summed E-state index contributed by atoms with van der Waals surface area (Å²) < 4.78 is 5.12. The molecule has 0 aromatic carbocycles. The van der Waals surface area contributed by atoms with E-state index >= 15 is 0 Å². The third-order valence-electron chi connectivity index (χ3n) is 5.37. The first kappa shape index (κ1) is 24.6. The minimum Gasteiger partial charge on any atom is -0.462 e. The van der Waals surface area contributed by atoms with Gasteiger partial charge in [-0.25, -0.2) is 9.78 Å². The van der Waals surface area contributed by atoms with Crippen molar-refractivity contribution in [3.63, 3.8) is 0 Å². The number of rotatable bonds is 10. The number of hydrogen-bond acceptors (Lipinski definition) is 6. The van der Waals surface area contributed by atoms with Crippen LogP contribution in [0.4, 0.5) is 0 Å². The standard InChI is InChI=1S/C22H39N5O2S/c1-6-23-22(24-12-8-9-13-27-14-10-16(3)11-15-27)26-18(5)20-25-17(4)19(30-20)21(28)29-7-2/h16,18H,6-15H2,1-5H3,(H2,23,24,26). The molecule has 1 atom stereocenters. The van der Waals surface area contributed by atoms with Crippen molar-refractivity contribution < 1.29 is 9.53 Å². The van der Waals surface area contributed by atoms with Crippen LogP contribution in [0.3, 0.4) is 0 Å². The first-order valence-corrected chi connectivity index (χ1v) is 12.2. The van der Waals surface area contributed by atoms with E-state index in [1.165, 1.54) is 50.2 Å². The van der Waals surface area contributed by atoms with E-state index in [4.69, 9.17) is 9.73 Å². The number of carbonyl (C=O) groups is 1. The van der Waals surface area contributed by atoms with Gasteiger partial charge in [-0.2, -0.15) is 0 Å². The molecule has 1 aliphatic rings. The Morgan fingerprint density at radius 2 is 2.07 bits per heavy atom. The summed E-state index contributed by atoms with van der Waals surface area (Å²) in [5, 5.41) is 7.58. The minimum atomic E-state index is -0.297. The van der Waals surface area contributed by atoms with Crippen LogP contribution in [0, 0.1) is 12.8 Å². The number of thiazole rings is 1. The van der Waals surface area contributed by atoms with E-state index in [1.807, 2.05) is 20.8 Å². The van der Waals surface area contributed by atoms with Crippen LogP contribution < -0.4 is 10.6 Å². The summed E-state index contributed by atoms with van der Waals surface area (Å²) in [7, 11) is 0. The molecule has 2 N–H and O–H groups in total. The molecule has 7 nitrogen and oxygen atoms in total. The van der Waals surface area contributed by atoms with Crippen LogP contribution in [0.15, 0.2) is 4.99 Å². The van der Waals surface area contributed by atoms with Gasteiger partial charge >= 0.3 is 5.97 Å². The van der Waals surface area contributed by atoms with Crippen LogP contribution in [0.5, 0.6) is 0 Å². The highest BCUT2D eigenvalue weighted by molar-refractivity contribution is 7.13. The van der Waals surface area contributed by atoms with E-state index in [2.05, 4.69) is 34.4 Å². The van der Waals surface area contributed by atoms with Crippen molar-refractivity contribution in [2.24, 2.45) is 10.9 Å². The van der Waals surface area contributed by atoms with Gasteiger partial charge in [-0.1, -0.05) is 6.92 Å². The molecule has 1 saturated heterocycles. The van der Waals surface area contributed by atoms with Crippen molar-refractivity contribution >= 4 is 23.3 Å². The summed E-state index contributed by atoms with van der Waals surface area (Å²) in [5.74, 6) is 1.38. The molecule has 2 rings (SSSR count). The highest BCUT2D eigenvalue weighted by atomic mass is 32.1. The van der Waals surface area contributed by atoms with Gasteiger partial charge in [0.15, 0.2) is 5.96 Å². The van der Waals surface area contributed by atoms with E-state index in [0.29, 0.717) is 11.5 Å². The Hall–Kier alpha value is -1.67. The number of unbranched alkanes of at least 4 members (excludes halogenated alkanes) is 1. The van der Waals surface area contributed by atoms with Gasteiger partial charge < -0.3 is 20.3 Å². The Kier molecular flexibility index (Phi) is 10.6. The summed E-state index contributed by atoms with van der Waals surface area (Å²) in [6, 6.07) is -0.0370. The van der Waals surface area contributed by atoms with Crippen LogP contribution in [-0.4, -0.2) is 61.1 Å². The van der Waals surface area contributed by atoms with Gasteiger partial charge in [0.25, 0.3) is 0 Å². The lowest BCUT2D eigenvalue weighted by atomic mass is 9.99. The fourth-order valence-corrected chi connectivity index (χ4v) is 4.46. The van der Waals surface area contributed by atoms with Crippen molar-refractivity contribution in [1.82, 2.24) is 20.5 Å². The number of hydrogen-bond donors (Lipinski definition) is 2. The van der Waals surface area contributed by atoms with Crippen LogP contribution in [-0.2, 0) is 4.74 Å². The van der Waals surface area contributed by atoms with Gasteiger partial charge in [0, 0.05) is 13.1 Å². The molecule has 1 aromatic rings. The maximum Gasteiger partial charge on any atom is 0.350 e. The average molecular weight is 438 g/mol. The number of aryl methyl sites for hydroxylation is 1. The van der Waals surface area contributed by atoms with Crippen LogP contribution in [0.25, 0.3) is 0 Å². The Labute approximate surface area is 185 Å². The molecule has 170 valence electrons. The number of aromatic nitrogens is 1. The molecule has 0 amide bonds. The molecule has 1 fully saturated rings. The van der Waals surface area contributed by atoms with Crippen molar-refractivity contribution in [2.75, 3.05) is 39.3 Å². The van der Waals surface area contributed by atoms with Crippen LogP contribution >= 0.6 is 11.3 Å². The predicted molar refractivity (Wildman–Crippen MR) is 124 cm³/mol. The lowest BCUT2D eigenvalue weighted by Gasteiger charge is -2.30. The number of esters is 1.